The van der Waals surface area contributed by atoms with Crippen molar-refractivity contribution in [3.05, 3.63) is 36.0 Å². The number of ether oxygens (including phenoxy) is 1. The van der Waals surface area contributed by atoms with Crippen molar-refractivity contribution in [2.45, 2.75) is 12.8 Å². The van der Waals surface area contributed by atoms with Crippen LogP contribution in [0.15, 0.2) is 30.5 Å². The number of rotatable bonds is 5. The maximum Gasteiger partial charge on any atom is 0.303 e. The van der Waals surface area contributed by atoms with Gasteiger partial charge in [-0.1, -0.05) is 0 Å². The quantitative estimate of drug-likeness (QED) is 0.847. The first-order valence-corrected chi connectivity index (χ1v) is 5.59. The maximum atomic E-state index is 10.6. The van der Waals surface area contributed by atoms with Crippen LogP contribution in [0, 0.1) is 0 Å². The summed E-state index contributed by atoms with van der Waals surface area (Å²) in [5.74, 6) is -0.0257. The number of hydrogen-bond donors (Lipinski definition) is 2. The molecule has 1 aromatic heterocycles. The Balaban J connectivity index is 2.21. The predicted octanol–water partition coefficient (Wildman–Crippen LogP) is 2.10. The highest BCUT2D eigenvalue weighted by atomic mass is 16.5. The molecule has 0 aliphatic heterocycles. The lowest BCUT2D eigenvalue weighted by molar-refractivity contribution is -0.136. The van der Waals surface area contributed by atoms with E-state index < -0.39 is 5.97 Å². The van der Waals surface area contributed by atoms with E-state index in [4.69, 9.17) is 9.84 Å². The molecule has 18 heavy (non-hydrogen) atoms. The third-order valence-electron chi connectivity index (χ3n) is 2.70. The van der Waals surface area contributed by atoms with Gasteiger partial charge in [0.25, 0.3) is 0 Å². The van der Waals surface area contributed by atoms with E-state index in [-0.39, 0.29) is 6.42 Å². The number of nitrogens with one attached hydrogen (secondary N) is 1. The highest BCUT2D eigenvalue weighted by Crippen LogP contribution is 2.24. The Bertz CT molecular complexity index is 531. The number of hydrogen-bond acceptors (Lipinski definition) is 3. The van der Waals surface area contributed by atoms with Gasteiger partial charge in [-0.25, -0.2) is 0 Å². The van der Waals surface area contributed by atoms with Gasteiger partial charge in [0.15, 0.2) is 0 Å². The van der Waals surface area contributed by atoms with Crippen LogP contribution in [0.5, 0.6) is 5.75 Å². The van der Waals surface area contributed by atoms with Crippen LogP contribution in [0.4, 0.5) is 0 Å². The third kappa shape index (κ3) is 2.68. The van der Waals surface area contributed by atoms with Gasteiger partial charge in [-0.2, -0.15) is 5.10 Å². The maximum absolute atomic E-state index is 10.6. The van der Waals surface area contributed by atoms with E-state index in [9.17, 15) is 4.79 Å². The summed E-state index contributed by atoms with van der Waals surface area (Å²) >= 11 is 0. The number of aromatic nitrogens is 2. The van der Waals surface area contributed by atoms with Crippen LogP contribution in [-0.4, -0.2) is 28.4 Å². The molecule has 5 heteroatoms. The molecule has 0 spiro atoms. The number of carboxylic acid groups (broad SMARTS) is 1. The van der Waals surface area contributed by atoms with Gasteiger partial charge in [-0.15, -0.1) is 0 Å². The van der Waals surface area contributed by atoms with E-state index in [1.54, 1.807) is 13.3 Å². The van der Waals surface area contributed by atoms with Crippen molar-refractivity contribution in [3.8, 4) is 17.0 Å². The summed E-state index contributed by atoms with van der Waals surface area (Å²) in [4.78, 5) is 10.6. The van der Waals surface area contributed by atoms with Crippen LogP contribution in [0.1, 0.15) is 12.0 Å². The molecule has 0 saturated heterocycles. The molecular formula is C13H14N2O3. The number of carbonyl (C=O) groups is 1. The van der Waals surface area contributed by atoms with Crippen molar-refractivity contribution in [1.29, 1.82) is 0 Å². The highest BCUT2D eigenvalue weighted by Gasteiger charge is 2.09. The molecule has 94 valence electrons. The normalized spacial score (nSPS) is 10.3. The fraction of sp³-hybridized carbons (Fsp3) is 0.231. The number of nitrogens with zero attached hydrogens (tertiary/aromatic N) is 1. The second kappa shape index (κ2) is 5.35. The Labute approximate surface area is 104 Å². The van der Waals surface area contributed by atoms with Crippen molar-refractivity contribution in [3.63, 3.8) is 0 Å². The monoisotopic (exact) mass is 246 g/mol. The third-order valence-corrected chi connectivity index (χ3v) is 2.70. The standard InChI is InChI=1S/C13H14N2O3/c1-18-11-5-2-9(3-6-11)13-10(8-14-15-13)4-7-12(16)17/h2-3,5-6,8H,4,7H2,1H3,(H,14,15)(H,16,17). The summed E-state index contributed by atoms with van der Waals surface area (Å²) in [6.45, 7) is 0. The number of methoxy groups -OCH3 is 1. The lowest BCUT2D eigenvalue weighted by Crippen LogP contribution is -1.97. The van der Waals surface area contributed by atoms with Crippen molar-refractivity contribution in [2.75, 3.05) is 7.11 Å². The lowest BCUT2D eigenvalue weighted by Gasteiger charge is -2.04. The molecule has 1 aromatic carbocycles. The number of carboxylic acids is 1. The molecule has 0 atom stereocenters. The van der Waals surface area contributed by atoms with Crippen molar-refractivity contribution in [2.24, 2.45) is 0 Å². The lowest BCUT2D eigenvalue weighted by atomic mass is 10.0. The topological polar surface area (TPSA) is 75.2 Å². The number of aliphatic carboxylic acids is 1. The Morgan fingerprint density at radius 1 is 1.39 bits per heavy atom. The molecule has 2 aromatic rings. The summed E-state index contributed by atoms with van der Waals surface area (Å²) < 4.78 is 5.09. The summed E-state index contributed by atoms with van der Waals surface area (Å²) in [5, 5.41) is 15.6. The fourth-order valence-electron chi connectivity index (χ4n) is 1.75. The molecular weight excluding hydrogens is 232 g/mol. The van der Waals surface area contributed by atoms with Crippen molar-refractivity contribution in [1.82, 2.24) is 10.2 Å². The molecule has 2 N–H and O–H groups in total. The predicted molar refractivity (Wildman–Crippen MR) is 66.5 cm³/mol. The van der Waals surface area contributed by atoms with Crippen LogP contribution in [0.3, 0.4) is 0 Å². The molecule has 0 fully saturated rings. The van der Waals surface area contributed by atoms with Gasteiger partial charge in [-0.05, 0) is 36.2 Å². The average molecular weight is 246 g/mol. The minimum atomic E-state index is -0.808. The Kier molecular flexibility index (Phi) is 3.62. The van der Waals surface area contributed by atoms with Crippen LogP contribution in [0.2, 0.25) is 0 Å². The van der Waals surface area contributed by atoms with Gasteiger partial charge < -0.3 is 9.84 Å². The number of benzene rings is 1. The van der Waals surface area contributed by atoms with E-state index in [1.807, 2.05) is 24.3 Å². The Morgan fingerprint density at radius 3 is 2.72 bits per heavy atom. The van der Waals surface area contributed by atoms with E-state index in [0.29, 0.717) is 6.42 Å². The van der Waals surface area contributed by atoms with Crippen molar-refractivity contribution >= 4 is 5.97 Å². The van der Waals surface area contributed by atoms with Gasteiger partial charge in [0.1, 0.15) is 5.75 Å². The number of aromatic amines is 1. The molecule has 0 saturated carbocycles. The summed E-state index contributed by atoms with van der Waals surface area (Å²) in [7, 11) is 1.61. The molecule has 0 aliphatic carbocycles. The van der Waals surface area contributed by atoms with Gasteiger partial charge in [-0.3, -0.25) is 9.89 Å². The highest BCUT2D eigenvalue weighted by molar-refractivity contribution is 5.69. The largest absolute Gasteiger partial charge is 0.497 e. The average Bonchev–Trinajstić information content (AvgIpc) is 2.85. The van der Waals surface area contributed by atoms with E-state index >= 15 is 0 Å². The van der Waals surface area contributed by atoms with Crippen LogP contribution in [0.25, 0.3) is 11.3 Å². The number of H-pyrrole nitrogens is 1. The zero-order valence-electron chi connectivity index (χ0n) is 10.0. The smallest absolute Gasteiger partial charge is 0.303 e. The van der Waals surface area contributed by atoms with Gasteiger partial charge in [0, 0.05) is 12.0 Å². The van der Waals surface area contributed by atoms with Crippen molar-refractivity contribution < 1.29 is 14.6 Å². The molecule has 0 bridgehead atoms. The van der Waals surface area contributed by atoms with Gasteiger partial charge in [0.2, 0.25) is 0 Å². The SMILES string of the molecule is COc1ccc(-c2[nH]ncc2CCC(=O)O)cc1. The summed E-state index contributed by atoms with van der Waals surface area (Å²) in [6, 6.07) is 7.54. The van der Waals surface area contributed by atoms with E-state index in [1.165, 1.54) is 0 Å². The second-order valence-corrected chi connectivity index (χ2v) is 3.89. The Hall–Kier alpha value is -2.30. The first-order chi connectivity index (χ1) is 8.70. The molecule has 0 aliphatic rings. The molecule has 0 unspecified atom stereocenters. The molecule has 5 nitrogen and oxygen atoms in total. The summed E-state index contributed by atoms with van der Waals surface area (Å²) in [5.41, 5.74) is 2.73. The summed E-state index contributed by atoms with van der Waals surface area (Å²) in [6.07, 6.45) is 2.23. The second-order valence-electron chi connectivity index (χ2n) is 3.89. The molecule has 2 rings (SSSR count). The van der Waals surface area contributed by atoms with E-state index in [0.717, 1.165) is 22.6 Å². The minimum absolute atomic E-state index is 0.0999. The zero-order chi connectivity index (χ0) is 13.0. The van der Waals surface area contributed by atoms with Gasteiger partial charge >= 0.3 is 5.97 Å². The number of aryl methyl sites for hydroxylation is 1. The fourth-order valence-corrected chi connectivity index (χ4v) is 1.75. The first kappa shape index (κ1) is 12.2. The molecule has 0 amide bonds. The van der Waals surface area contributed by atoms with Crippen LogP contribution in [-0.2, 0) is 11.2 Å². The zero-order valence-corrected chi connectivity index (χ0v) is 10.0. The minimum Gasteiger partial charge on any atom is -0.497 e. The first-order valence-electron chi connectivity index (χ1n) is 5.59. The van der Waals surface area contributed by atoms with Crippen LogP contribution < -0.4 is 4.74 Å². The molecule has 0 radical (unpaired) electrons. The van der Waals surface area contributed by atoms with Crippen LogP contribution >= 0.6 is 0 Å². The van der Waals surface area contributed by atoms with E-state index in [2.05, 4.69) is 10.2 Å². The Morgan fingerprint density at radius 2 is 2.11 bits per heavy atom. The molecule has 1 heterocycles. The van der Waals surface area contributed by atoms with Gasteiger partial charge in [0.05, 0.1) is 19.0 Å².